The standard InChI is InChI=1S/C25H22N2O7S/c1-13-22(24(31)34-4)35-25(26-13)27-19(14-8-10-16(32-2)11-9-14)18(21(29)23(27)30)20(28)15-6-5-7-17(12-15)33-3/h5-12,19,28H,1-4H3/b20-18+. The molecule has 0 aliphatic carbocycles. The van der Waals surface area contributed by atoms with Crippen LogP contribution in [0.3, 0.4) is 0 Å². The Kier molecular flexibility index (Phi) is 6.57. The molecule has 180 valence electrons. The van der Waals surface area contributed by atoms with E-state index in [0.717, 1.165) is 11.3 Å². The highest BCUT2D eigenvalue weighted by atomic mass is 32.1. The molecule has 3 aromatic rings. The van der Waals surface area contributed by atoms with Crippen molar-refractivity contribution < 1.29 is 33.7 Å². The number of hydrogen-bond donors (Lipinski definition) is 1. The number of ether oxygens (including phenoxy) is 3. The number of aliphatic hydroxyl groups excluding tert-OH is 1. The molecule has 1 N–H and O–H groups in total. The van der Waals surface area contributed by atoms with E-state index in [1.165, 1.54) is 26.2 Å². The Balaban J connectivity index is 1.93. The number of benzene rings is 2. The Morgan fingerprint density at radius 2 is 1.71 bits per heavy atom. The molecule has 0 bridgehead atoms. The van der Waals surface area contributed by atoms with Gasteiger partial charge in [-0.15, -0.1) is 0 Å². The van der Waals surface area contributed by atoms with Gasteiger partial charge in [-0.2, -0.15) is 0 Å². The van der Waals surface area contributed by atoms with E-state index in [1.807, 2.05) is 0 Å². The molecule has 1 aromatic heterocycles. The van der Waals surface area contributed by atoms with Crippen LogP contribution in [-0.4, -0.2) is 49.1 Å². The van der Waals surface area contributed by atoms with Crippen LogP contribution in [0.5, 0.6) is 11.5 Å². The number of carbonyl (C=O) groups is 3. The maximum atomic E-state index is 13.3. The lowest BCUT2D eigenvalue weighted by molar-refractivity contribution is -0.132. The number of aryl methyl sites for hydroxylation is 1. The molecule has 1 fully saturated rings. The summed E-state index contributed by atoms with van der Waals surface area (Å²) in [5, 5.41) is 11.4. The number of esters is 1. The van der Waals surface area contributed by atoms with E-state index in [-0.39, 0.29) is 21.3 Å². The molecule has 1 atom stereocenters. The van der Waals surface area contributed by atoms with Gasteiger partial charge >= 0.3 is 11.9 Å². The van der Waals surface area contributed by atoms with Gasteiger partial charge in [-0.25, -0.2) is 9.78 Å². The normalized spacial score (nSPS) is 16.9. The third-order valence-corrected chi connectivity index (χ3v) is 6.72. The van der Waals surface area contributed by atoms with E-state index < -0.39 is 23.7 Å². The summed E-state index contributed by atoms with van der Waals surface area (Å²) in [6.45, 7) is 1.61. The molecular formula is C25H22N2O7S. The lowest BCUT2D eigenvalue weighted by Crippen LogP contribution is -2.29. The summed E-state index contributed by atoms with van der Waals surface area (Å²) in [4.78, 5) is 44.5. The maximum Gasteiger partial charge on any atom is 0.350 e. The molecule has 1 amide bonds. The summed E-state index contributed by atoms with van der Waals surface area (Å²) in [6.07, 6.45) is 0. The second-order valence-electron chi connectivity index (χ2n) is 7.58. The average Bonchev–Trinajstić information content (AvgIpc) is 3.39. The first-order valence-electron chi connectivity index (χ1n) is 10.5. The molecule has 1 aliphatic rings. The maximum absolute atomic E-state index is 13.3. The van der Waals surface area contributed by atoms with Crippen molar-refractivity contribution >= 4 is 39.9 Å². The van der Waals surface area contributed by atoms with E-state index in [1.54, 1.807) is 55.5 Å². The zero-order valence-corrected chi connectivity index (χ0v) is 20.2. The number of anilines is 1. The Morgan fingerprint density at radius 1 is 1.03 bits per heavy atom. The van der Waals surface area contributed by atoms with Crippen molar-refractivity contribution in [2.24, 2.45) is 0 Å². The van der Waals surface area contributed by atoms with Crippen molar-refractivity contribution in [2.45, 2.75) is 13.0 Å². The van der Waals surface area contributed by atoms with Gasteiger partial charge in [0.1, 0.15) is 22.1 Å². The number of methoxy groups -OCH3 is 3. The molecule has 10 heteroatoms. The van der Waals surface area contributed by atoms with Crippen molar-refractivity contribution in [3.63, 3.8) is 0 Å². The highest BCUT2D eigenvalue weighted by Crippen LogP contribution is 2.44. The van der Waals surface area contributed by atoms with Crippen molar-refractivity contribution in [2.75, 3.05) is 26.2 Å². The minimum Gasteiger partial charge on any atom is -0.507 e. The van der Waals surface area contributed by atoms with Crippen molar-refractivity contribution in [3.05, 3.63) is 75.8 Å². The Labute approximate surface area is 205 Å². The molecular weight excluding hydrogens is 472 g/mol. The average molecular weight is 495 g/mol. The third-order valence-electron chi connectivity index (χ3n) is 5.58. The van der Waals surface area contributed by atoms with Crippen LogP contribution in [0.4, 0.5) is 5.13 Å². The third kappa shape index (κ3) is 4.24. The predicted octanol–water partition coefficient (Wildman–Crippen LogP) is 3.88. The molecule has 1 saturated heterocycles. The number of nitrogens with zero attached hydrogens (tertiary/aromatic N) is 2. The van der Waals surface area contributed by atoms with Gasteiger partial charge in [0, 0.05) is 5.56 Å². The molecule has 0 saturated carbocycles. The second-order valence-corrected chi connectivity index (χ2v) is 8.55. The lowest BCUT2D eigenvalue weighted by atomic mass is 9.95. The van der Waals surface area contributed by atoms with Gasteiger partial charge in [0.25, 0.3) is 5.78 Å². The van der Waals surface area contributed by atoms with Crippen LogP contribution < -0.4 is 14.4 Å². The number of rotatable bonds is 6. The Morgan fingerprint density at radius 3 is 2.34 bits per heavy atom. The van der Waals surface area contributed by atoms with Crippen LogP contribution in [-0.2, 0) is 14.3 Å². The van der Waals surface area contributed by atoms with Crippen LogP contribution in [0.2, 0.25) is 0 Å². The highest BCUT2D eigenvalue weighted by molar-refractivity contribution is 7.17. The number of Topliss-reactive ketones (excluding diaryl/α,β-unsaturated/α-hetero) is 1. The van der Waals surface area contributed by atoms with E-state index in [9.17, 15) is 19.5 Å². The number of aliphatic hydroxyl groups is 1. The first-order chi connectivity index (χ1) is 16.8. The van der Waals surface area contributed by atoms with Gasteiger partial charge in [-0.3, -0.25) is 14.5 Å². The number of amides is 1. The lowest BCUT2D eigenvalue weighted by Gasteiger charge is -2.23. The van der Waals surface area contributed by atoms with Crippen LogP contribution >= 0.6 is 11.3 Å². The zero-order valence-electron chi connectivity index (χ0n) is 19.4. The van der Waals surface area contributed by atoms with E-state index in [4.69, 9.17) is 14.2 Å². The van der Waals surface area contributed by atoms with Gasteiger partial charge in [0.15, 0.2) is 5.13 Å². The molecule has 1 aliphatic heterocycles. The summed E-state index contributed by atoms with van der Waals surface area (Å²) >= 11 is 0.935. The molecule has 2 heterocycles. The monoisotopic (exact) mass is 494 g/mol. The fourth-order valence-corrected chi connectivity index (χ4v) is 4.84. The molecule has 9 nitrogen and oxygen atoms in total. The van der Waals surface area contributed by atoms with Crippen molar-refractivity contribution in [1.29, 1.82) is 0 Å². The van der Waals surface area contributed by atoms with Gasteiger partial charge in [-0.05, 0) is 36.8 Å². The topological polar surface area (TPSA) is 115 Å². The Hall–Kier alpha value is -4.18. The van der Waals surface area contributed by atoms with Gasteiger partial charge in [-0.1, -0.05) is 35.6 Å². The largest absolute Gasteiger partial charge is 0.507 e. The van der Waals surface area contributed by atoms with E-state index in [0.29, 0.717) is 28.3 Å². The summed E-state index contributed by atoms with van der Waals surface area (Å²) in [7, 11) is 4.26. The SMILES string of the molecule is COC(=O)c1sc(N2C(=O)C(=O)/C(=C(/O)c3cccc(OC)c3)C2c2ccc(OC)cc2)nc1C. The van der Waals surface area contributed by atoms with Gasteiger partial charge in [0.2, 0.25) is 0 Å². The summed E-state index contributed by atoms with van der Waals surface area (Å²) in [6, 6.07) is 12.3. The number of thiazole rings is 1. The molecule has 4 rings (SSSR count). The highest BCUT2D eigenvalue weighted by Gasteiger charge is 2.48. The molecule has 2 aromatic carbocycles. The summed E-state index contributed by atoms with van der Waals surface area (Å²) in [5.41, 5.74) is 1.11. The van der Waals surface area contributed by atoms with Crippen LogP contribution in [0.1, 0.15) is 32.5 Å². The van der Waals surface area contributed by atoms with E-state index >= 15 is 0 Å². The molecule has 0 spiro atoms. The molecule has 0 radical (unpaired) electrons. The smallest absolute Gasteiger partial charge is 0.350 e. The predicted molar refractivity (Wildman–Crippen MR) is 129 cm³/mol. The van der Waals surface area contributed by atoms with E-state index in [2.05, 4.69) is 4.98 Å². The fourth-order valence-electron chi connectivity index (χ4n) is 3.82. The van der Waals surface area contributed by atoms with Crippen molar-refractivity contribution in [3.8, 4) is 11.5 Å². The number of ketones is 1. The van der Waals surface area contributed by atoms with Crippen LogP contribution in [0, 0.1) is 6.92 Å². The van der Waals surface area contributed by atoms with Crippen LogP contribution in [0.25, 0.3) is 5.76 Å². The molecule has 1 unspecified atom stereocenters. The number of hydrogen-bond acceptors (Lipinski definition) is 9. The zero-order chi connectivity index (χ0) is 25.3. The first kappa shape index (κ1) is 24.0. The first-order valence-corrected chi connectivity index (χ1v) is 11.3. The van der Waals surface area contributed by atoms with Crippen molar-refractivity contribution in [1.82, 2.24) is 4.98 Å². The number of aromatic nitrogens is 1. The molecule has 35 heavy (non-hydrogen) atoms. The summed E-state index contributed by atoms with van der Waals surface area (Å²) < 4.78 is 15.3. The Bertz CT molecular complexity index is 1340. The second kappa shape index (κ2) is 9.59. The number of carbonyl (C=O) groups excluding carboxylic acids is 3. The summed E-state index contributed by atoms with van der Waals surface area (Å²) in [5.74, 6) is -1.65. The van der Waals surface area contributed by atoms with Gasteiger partial charge in [0.05, 0.1) is 38.6 Å². The van der Waals surface area contributed by atoms with Gasteiger partial charge < -0.3 is 19.3 Å². The quantitative estimate of drug-likeness (QED) is 0.238. The minimum absolute atomic E-state index is 0.110. The minimum atomic E-state index is -0.997. The van der Waals surface area contributed by atoms with Crippen LogP contribution in [0.15, 0.2) is 54.1 Å². The fraction of sp³-hybridized carbons (Fsp3) is 0.200.